The summed E-state index contributed by atoms with van der Waals surface area (Å²) in [6.07, 6.45) is 0.236. The summed E-state index contributed by atoms with van der Waals surface area (Å²) in [5.41, 5.74) is 1.51. The lowest BCUT2D eigenvalue weighted by Crippen LogP contribution is -2.33. The van der Waals surface area contributed by atoms with Gasteiger partial charge in [-0.1, -0.05) is 34.1 Å². The first-order valence-corrected chi connectivity index (χ1v) is 7.81. The molecule has 2 rings (SSSR count). The topological polar surface area (TPSA) is 67.4 Å². The van der Waals surface area contributed by atoms with E-state index in [0.29, 0.717) is 11.4 Å². The molecule has 2 aromatic rings. The number of methoxy groups -OCH3 is 1. The highest BCUT2D eigenvalue weighted by atomic mass is 79.9. The molecule has 0 aliphatic rings. The summed E-state index contributed by atoms with van der Waals surface area (Å²) >= 11 is 3.34. The molecule has 0 saturated carbocycles. The van der Waals surface area contributed by atoms with Crippen LogP contribution in [0.25, 0.3) is 0 Å². The van der Waals surface area contributed by atoms with Crippen LogP contribution >= 0.6 is 15.9 Å². The zero-order valence-corrected chi connectivity index (χ0v) is 14.2. The number of anilines is 1. The molecule has 0 aliphatic heterocycles. The normalized spacial score (nSPS) is 10.0. The van der Waals surface area contributed by atoms with Crippen molar-refractivity contribution in [1.82, 2.24) is 5.32 Å². The minimum absolute atomic E-state index is 0.0768. The lowest BCUT2D eigenvalue weighted by molar-refractivity contribution is -0.123. The third kappa shape index (κ3) is 5.75. The Kier molecular flexibility index (Phi) is 6.17. The van der Waals surface area contributed by atoms with Gasteiger partial charge in [0.1, 0.15) is 5.75 Å². The third-order valence-corrected chi connectivity index (χ3v) is 3.61. The van der Waals surface area contributed by atoms with E-state index in [1.54, 1.807) is 31.4 Å². The zero-order valence-electron chi connectivity index (χ0n) is 12.6. The van der Waals surface area contributed by atoms with Crippen molar-refractivity contribution in [2.45, 2.75) is 6.42 Å². The Morgan fingerprint density at radius 2 is 1.83 bits per heavy atom. The lowest BCUT2D eigenvalue weighted by Gasteiger charge is -2.08. The van der Waals surface area contributed by atoms with E-state index in [1.165, 1.54) is 0 Å². The number of benzene rings is 2. The smallest absolute Gasteiger partial charge is 0.243 e. The van der Waals surface area contributed by atoms with Crippen molar-refractivity contribution < 1.29 is 14.3 Å². The van der Waals surface area contributed by atoms with Gasteiger partial charge in [0.05, 0.1) is 20.1 Å². The molecule has 0 unspecified atom stereocenters. The number of nitrogens with one attached hydrogen (secondary N) is 2. The molecule has 0 radical (unpaired) electrons. The number of hydrogen-bond acceptors (Lipinski definition) is 3. The van der Waals surface area contributed by atoms with Gasteiger partial charge < -0.3 is 15.4 Å². The second-order valence-corrected chi connectivity index (χ2v) is 5.78. The Bertz CT molecular complexity index is 686. The van der Waals surface area contributed by atoms with Gasteiger partial charge in [0, 0.05) is 16.2 Å². The van der Waals surface area contributed by atoms with Crippen molar-refractivity contribution in [3.63, 3.8) is 0 Å². The second-order valence-electron chi connectivity index (χ2n) is 4.86. The van der Waals surface area contributed by atoms with Gasteiger partial charge in [-0.25, -0.2) is 0 Å². The summed E-state index contributed by atoms with van der Waals surface area (Å²) in [5, 5.41) is 5.30. The molecule has 0 heterocycles. The predicted molar refractivity (Wildman–Crippen MR) is 92.5 cm³/mol. The lowest BCUT2D eigenvalue weighted by atomic mass is 10.1. The summed E-state index contributed by atoms with van der Waals surface area (Å²) < 4.78 is 6.04. The summed E-state index contributed by atoms with van der Waals surface area (Å²) in [6, 6.07) is 14.5. The van der Waals surface area contributed by atoms with E-state index < -0.39 is 0 Å². The fraction of sp³-hybridized carbons (Fsp3) is 0.176. The highest BCUT2D eigenvalue weighted by Crippen LogP contribution is 2.16. The van der Waals surface area contributed by atoms with Gasteiger partial charge in [0.2, 0.25) is 11.8 Å². The largest absolute Gasteiger partial charge is 0.497 e. The first-order chi connectivity index (χ1) is 11.1. The van der Waals surface area contributed by atoms with Crippen LogP contribution < -0.4 is 15.4 Å². The maximum atomic E-state index is 11.8. The number of hydrogen-bond donors (Lipinski definition) is 2. The van der Waals surface area contributed by atoms with Crippen molar-refractivity contribution in [3.05, 3.63) is 58.6 Å². The van der Waals surface area contributed by atoms with Crippen molar-refractivity contribution in [2.24, 2.45) is 0 Å². The second kappa shape index (κ2) is 8.33. The van der Waals surface area contributed by atoms with Crippen molar-refractivity contribution in [1.29, 1.82) is 0 Å². The molecule has 6 heteroatoms. The van der Waals surface area contributed by atoms with E-state index in [0.717, 1.165) is 10.0 Å². The SMILES string of the molecule is COc1cccc(NC(=O)CNC(=O)Cc2ccc(Br)cc2)c1. The third-order valence-electron chi connectivity index (χ3n) is 3.08. The Morgan fingerprint density at radius 1 is 1.09 bits per heavy atom. The quantitative estimate of drug-likeness (QED) is 0.814. The predicted octanol–water partition coefficient (Wildman–Crippen LogP) is 2.76. The number of rotatable bonds is 6. The molecule has 2 aromatic carbocycles. The standard InChI is InChI=1S/C17H17BrN2O3/c1-23-15-4-2-3-14(10-15)20-17(22)11-19-16(21)9-12-5-7-13(18)8-6-12/h2-8,10H,9,11H2,1H3,(H,19,21)(H,20,22). The van der Waals surface area contributed by atoms with Gasteiger partial charge in [0.25, 0.3) is 0 Å². The average Bonchev–Trinajstić information content (AvgIpc) is 2.55. The van der Waals surface area contributed by atoms with Gasteiger partial charge in [-0.05, 0) is 29.8 Å². The van der Waals surface area contributed by atoms with Gasteiger partial charge in [-0.2, -0.15) is 0 Å². The first kappa shape index (κ1) is 17.0. The molecular weight excluding hydrogens is 360 g/mol. The van der Waals surface area contributed by atoms with E-state index in [1.807, 2.05) is 24.3 Å². The maximum Gasteiger partial charge on any atom is 0.243 e. The van der Waals surface area contributed by atoms with Crippen LogP contribution in [-0.2, 0) is 16.0 Å². The number of amides is 2. The van der Waals surface area contributed by atoms with Crippen LogP contribution in [0, 0.1) is 0 Å². The van der Waals surface area contributed by atoms with Crippen molar-refractivity contribution in [2.75, 3.05) is 19.0 Å². The molecule has 120 valence electrons. The van der Waals surface area contributed by atoms with Crippen LogP contribution in [0.1, 0.15) is 5.56 Å². The first-order valence-electron chi connectivity index (χ1n) is 7.02. The van der Waals surface area contributed by atoms with Gasteiger partial charge in [-0.3, -0.25) is 9.59 Å². The van der Waals surface area contributed by atoms with E-state index in [9.17, 15) is 9.59 Å². The van der Waals surface area contributed by atoms with Crippen molar-refractivity contribution in [3.8, 4) is 5.75 Å². The fourth-order valence-corrected chi connectivity index (χ4v) is 2.20. The van der Waals surface area contributed by atoms with Gasteiger partial charge >= 0.3 is 0 Å². The minimum Gasteiger partial charge on any atom is -0.497 e. The Labute approximate surface area is 143 Å². The number of carbonyl (C=O) groups is 2. The molecule has 2 N–H and O–H groups in total. The Morgan fingerprint density at radius 3 is 2.52 bits per heavy atom. The number of carbonyl (C=O) groups excluding carboxylic acids is 2. The molecule has 2 amide bonds. The summed E-state index contributed by atoms with van der Waals surface area (Å²) in [6.45, 7) is -0.0768. The molecule has 0 aromatic heterocycles. The number of ether oxygens (including phenoxy) is 1. The summed E-state index contributed by atoms with van der Waals surface area (Å²) in [7, 11) is 1.56. The summed E-state index contributed by atoms with van der Waals surface area (Å²) in [5.74, 6) is 0.164. The molecule has 0 spiro atoms. The van der Waals surface area contributed by atoms with Crippen LogP contribution in [0.2, 0.25) is 0 Å². The zero-order chi connectivity index (χ0) is 16.7. The monoisotopic (exact) mass is 376 g/mol. The fourth-order valence-electron chi connectivity index (χ4n) is 1.94. The minimum atomic E-state index is -0.289. The van der Waals surface area contributed by atoms with E-state index >= 15 is 0 Å². The summed E-state index contributed by atoms with van der Waals surface area (Å²) in [4.78, 5) is 23.7. The van der Waals surface area contributed by atoms with Crippen molar-refractivity contribution >= 4 is 33.4 Å². The average molecular weight is 377 g/mol. The Hall–Kier alpha value is -2.34. The Balaban J connectivity index is 1.79. The molecule has 0 fully saturated rings. The van der Waals surface area contributed by atoms with E-state index in [2.05, 4.69) is 26.6 Å². The van der Waals surface area contributed by atoms with Crippen LogP contribution in [0.3, 0.4) is 0 Å². The van der Waals surface area contributed by atoms with Crippen LogP contribution in [0.4, 0.5) is 5.69 Å². The van der Waals surface area contributed by atoms with Crippen LogP contribution in [-0.4, -0.2) is 25.5 Å². The maximum absolute atomic E-state index is 11.8. The van der Waals surface area contributed by atoms with E-state index in [4.69, 9.17) is 4.74 Å². The van der Waals surface area contributed by atoms with E-state index in [-0.39, 0.29) is 24.8 Å². The molecule has 0 aliphatic carbocycles. The molecular formula is C17H17BrN2O3. The molecule has 0 atom stereocenters. The van der Waals surface area contributed by atoms with Gasteiger partial charge in [-0.15, -0.1) is 0 Å². The highest BCUT2D eigenvalue weighted by Gasteiger charge is 2.07. The highest BCUT2D eigenvalue weighted by molar-refractivity contribution is 9.10. The molecule has 23 heavy (non-hydrogen) atoms. The number of halogens is 1. The van der Waals surface area contributed by atoms with Crippen LogP contribution in [0.5, 0.6) is 5.75 Å². The van der Waals surface area contributed by atoms with Crippen LogP contribution in [0.15, 0.2) is 53.0 Å². The van der Waals surface area contributed by atoms with Gasteiger partial charge in [0.15, 0.2) is 0 Å². The molecule has 0 bridgehead atoms. The molecule has 0 saturated heterocycles. The molecule has 5 nitrogen and oxygen atoms in total.